The summed E-state index contributed by atoms with van der Waals surface area (Å²) in [6, 6.07) is 5.75. The van der Waals surface area contributed by atoms with Gasteiger partial charge in [-0.2, -0.15) is 8.78 Å². The van der Waals surface area contributed by atoms with Crippen LogP contribution in [0.5, 0.6) is 5.75 Å². The van der Waals surface area contributed by atoms with Crippen LogP contribution in [0.1, 0.15) is 56.6 Å². The summed E-state index contributed by atoms with van der Waals surface area (Å²) in [6.07, 6.45) is 2.28. The molecule has 0 radical (unpaired) electrons. The molecule has 1 unspecified atom stereocenters. The number of unbranched alkanes of at least 4 members (excludes halogenated alkanes) is 2. The number of allylic oxidation sites excluding steroid dienone is 1. The quantitative estimate of drug-likeness (QED) is 0.0951. The highest BCUT2D eigenvalue weighted by atomic mass is 19.3. The van der Waals surface area contributed by atoms with Gasteiger partial charge in [0.1, 0.15) is 40.4 Å². The third kappa shape index (κ3) is 7.26. The molecular weight excluding hydrogens is 642 g/mol. The lowest BCUT2D eigenvalue weighted by molar-refractivity contribution is -0.189. The van der Waals surface area contributed by atoms with Crippen molar-refractivity contribution in [2.24, 2.45) is 0 Å². The van der Waals surface area contributed by atoms with Crippen LogP contribution in [0.2, 0.25) is 0 Å². The molecule has 12 heteroatoms. The zero-order chi connectivity index (χ0) is 34.0. The standard InChI is InChI=1S/C35H26F10O2/c1-2-3-4-5-22-8-6-19(17-46-22)18-7-9-24(25(36)10-18)20-11-28(39)33(29(40)12-20)35(44,45)47-23-15-26(37)32(27(38)16-23)21-13-30(41)34(43)31(42)14-21/h7,9-17,22H,2-6,8H2,1H3. The van der Waals surface area contributed by atoms with E-state index in [9.17, 15) is 30.7 Å². The van der Waals surface area contributed by atoms with Crippen LogP contribution in [0.3, 0.4) is 0 Å². The lowest BCUT2D eigenvalue weighted by Crippen LogP contribution is -2.25. The van der Waals surface area contributed by atoms with E-state index in [1.807, 2.05) is 0 Å². The van der Waals surface area contributed by atoms with Gasteiger partial charge < -0.3 is 9.47 Å². The molecule has 1 atom stereocenters. The Labute approximate surface area is 263 Å². The van der Waals surface area contributed by atoms with Crippen molar-refractivity contribution in [1.82, 2.24) is 0 Å². The first-order chi connectivity index (χ1) is 22.3. The molecule has 0 N–H and O–H groups in total. The minimum Gasteiger partial charge on any atom is -0.498 e. The molecule has 2 nitrogen and oxygen atoms in total. The molecule has 0 saturated heterocycles. The molecule has 1 aliphatic rings. The minimum atomic E-state index is -4.84. The van der Waals surface area contributed by atoms with E-state index >= 15 is 13.2 Å². The van der Waals surface area contributed by atoms with Gasteiger partial charge in [0.25, 0.3) is 0 Å². The van der Waals surface area contributed by atoms with E-state index in [0.29, 0.717) is 24.1 Å². The molecule has 1 aliphatic heterocycles. The summed E-state index contributed by atoms with van der Waals surface area (Å²) >= 11 is 0. The molecule has 0 fully saturated rings. The van der Waals surface area contributed by atoms with Gasteiger partial charge in [-0.15, -0.1) is 0 Å². The lowest BCUT2D eigenvalue weighted by atomic mass is 9.94. The largest absolute Gasteiger partial charge is 0.498 e. The summed E-state index contributed by atoms with van der Waals surface area (Å²) in [4.78, 5) is 0. The molecule has 248 valence electrons. The van der Waals surface area contributed by atoms with Crippen molar-refractivity contribution in [2.75, 3.05) is 0 Å². The number of ether oxygens (including phenoxy) is 2. The number of benzene rings is 4. The van der Waals surface area contributed by atoms with Gasteiger partial charge in [0.2, 0.25) is 0 Å². The minimum absolute atomic E-state index is 0.0664. The number of alkyl halides is 2. The predicted octanol–water partition coefficient (Wildman–Crippen LogP) is 11.4. The first-order valence-electron chi connectivity index (χ1n) is 14.6. The summed E-state index contributed by atoms with van der Waals surface area (Å²) in [5.74, 6) is -14.6. The van der Waals surface area contributed by atoms with Crippen molar-refractivity contribution < 1.29 is 53.4 Å². The van der Waals surface area contributed by atoms with Crippen LogP contribution in [0, 0.1) is 46.5 Å². The van der Waals surface area contributed by atoms with Crippen molar-refractivity contribution in [3.63, 3.8) is 0 Å². The third-order valence-electron chi connectivity index (χ3n) is 7.79. The highest BCUT2D eigenvalue weighted by Crippen LogP contribution is 2.40. The van der Waals surface area contributed by atoms with E-state index in [0.717, 1.165) is 43.7 Å². The Kier molecular flexibility index (Phi) is 9.88. The lowest BCUT2D eigenvalue weighted by Gasteiger charge is -2.23. The van der Waals surface area contributed by atoms with Crippen molar-refractivity contribution in [2.45, 2.75) is 57.7 Å². The highest BCUT2D eigenvalue weighted by molar-refractivity contribution is 5.71. The van der Waals surface area contributed by atoms with E-state index in [1.165, 1.54) is 12.1 Å². The van der Waals surface area contributed by atoms with Gasteiger partial charge in [-0.05, 0) is 78.3 Å². The highest BCUT2D eigenvalue weighted by Gasteiger charge is 2.42. The van der Waals surface area contributed by atoms with E-state index in [4.69, 9.17) is 4.74 Å². The normalized spacial score (nSPS) is 15.0. The van der Waals surface area contributed by atoms with Crippen LogP contribution in [-0.4, -0.2) is 6.10 Å². The van der Waals surface area contributed by atoms with Crippen LogP contribution < -0.4 is 4.74 Å². The van der Waals surface area contributed by atoms with E-state index in [-0.39, 0.29) is 35.9 Å². The maximum absolute atomic E-state index is 15.1. The average Bonchev–Trinajstić information content (AvgIpc) is 2.99. The van der Waals surface area contributed by atoms with Crippen molar-refractivity contribution in [3.8, 4) is 28.0 Å². The molecule has 0 saturated carbocycles. The summed E-state index contributed by atoms with van der Waals surface area (Å²) in [5, 5.41) is 0. The molecule has 0 aromatic heterocycles. The van der Waals surface area contributed by atoms with Crippen LogP contribution in [0.4, 0.5) is 43.9 Å². The van der Waals surface area contributed by atoms with E-state index < -0.39 is 80.6 Å². The molecular formula is C35H26F10O2. The topological polar surface area (TPSA) is 18.5 Å². The van der Waals surface area contributed by atoms with Crippen LogP contribution in [0.25, 0.3) is 27.8 Å². The second-order valence-electron chi connectivity index (χ2n) is 11.1. The first-order valence-corrected chi connectivity index (χ1v) is 14.6. The van der Waals surface area contributed by atoms with Crippen LogP contribution >= 0.6 is 0 Å². The fourth-order valence-electron chi connectivity index (χ4n) is 5.41. The Morgan fingerprint density at radius 3 is 1.85 bits per heavy atom. The Morgan fingerprint density at radius 1 is 0.702 bits per heavy atom. The Bertz CT molecular complexity index is 1770. The molecule has 0 spiro atoms. The summed E-state index contributed by atoms with van der Waals surface area (Å²) < 4.78 is 155. The molecule has 5 rings (SSSR count). The molecule has 47 heavy (non-hydrogen) atoms. The monoisotopic (exact) mass is 668 g/mol. The number of hydrogen-bond acceptors (Lipinski definition) is 2. The fourth-order valence-corrected chi connectivity index (χ4v) is 5.41. The fraction of sp³-hybridized carbons (Fsp3) is 0.257. The summed E-state index contributed by atoms with van der Waals surface area (Å²) in [6.45, 7) is 2.10. The Hall–Kier alpha value is -4.48. The van der Waals surface area contributed by atoms with Gasteiger partial charge in [0.05, 0.1) is 17.9 Å². The second-order valence-corrected chi connectivity index (χ2v) is 11.1. The van der Waals surface area contributed by atoms with Gasteiger partial charge in [0.15, 0.2) is 17.5 Å². The van der Waals surface area contributed by atoms with Crippen molar-refractivity contribution in [3.05, 3.63) is 119 Å². The number of halogens is 10. The average molecular weight is 669 g/mol. The Balaban J connectivity index is 1.36. The summed E-state index contributed by atoms with van der Waals surface area (Å²) in [5.41, 5.74) is -3.31. The molecule has 1 heterocycles. The zero-order valence-corrected chi connectivity index (χ0v) is 24.7. The maximum Gasteiger partial charge on any atom is 0.432 e. The van der Waals surface area contributed by atoms with E-state index in [2.05, 4.69) is 11.7 Å². The van der Waals surface area contributed by atoms with Gasteiger partial charge in [-0.1, -0.05) is 31.9 Å². The molecule has 0 bridgehead atoms. The van der Waals surface area contributed by atoms with Gasteiger partial charge >= 0.3 is 6.11 Å². The Morgan fingerprint density at radius 2 is 1.30 bits per heavy atom. The summed E-state index contributed by atoms with van der Waals surface area (Å²) in [7, 11) is 0. The third-order valence-corrected chi connectivity index (χ3v) is 7.79. The molecule has 0 aliphatic carbocycles. The van der Waals surface area contributed by atoms with Gasteiger partial charge in [-0.25, -0.2) is 35.1 Å². The molecule has 4 aromatic rings. The molecule has 0 amide bonds. The van der Waals surface area contributed by atoms with Crippen LogP contribution in [0.15, 0.2) is 60.9 Å². The maximum atomic E-state index is 15.1. The number of hydrogen-bond donors (Lipinski definition) is 0. The second kappa shape index (κ2) is 13.7. The van der Waals surface area contributed by atoms with Gasteiger partial charge in [-0.3, -0.25) is 0 Å². The smallest absolute Gasteiger partial charge is 0.432 e. The predicted molar refractivity (Wildman–Crippen MR) is 154 cm³/mol. The van der Waals surface area contributed by atoms with Gasteiger partial charge in [0, 0.05) is 17.7 Å². The zero-order valence-electron chi connectivity index (χ0n) is 24.7. The van der Waals surface area contributed by atoms with Crippen LogP contribution in [-0.2, 0) is 10.8 Å². The van der Waals surface area contributed by atoms with Crippen molar-refractivity contribution >= 4 is 5.57 Å². The SMILES string of the molecule is CCCCCC1CCC(c2ccc(-c3cc(F)c(C(F)(F)Oc4cc(F)c(-c5cc(F)c(F)c(F)c5)c(F)c4)c(F)c3)c(F)c2)=CO1. The molecule has 4 aromatic carbocycles. The first kappa shape index (κ1) is 33.9. The van der Waals surface area contributed by atoms with E-state index in [1.54, 1.807) is 6.26 Å². The number of rotatable bonds is 10. The van der Waals surface area contributed by atoms with Crippen molar-refractivity contribution in [1.29, 1.82) is 0 Å².